The second kappa shape index (κ2) is 9.85. The van der Waals surface area contributed by atoms with E-state index < -0.39 is 0 Å². The van der Waals surface area contributed by atoms with Gasteiger partial charge < -0.3 is 0 Å². The zero-order valence-corrected chi connectivity index (χ0v) is 17.5. The van der Waals surface area contributed by atoms with Gasteiger partial charge in [0.05, 0.1) is 0 Å². The van der Waals surface area contributed by atoms with Gasteiger partial charge in [-0.25, -0.2) is 19.9 Å². The van der Waals surface area contributed by atoms with Gasteiger partial charge in [-0.05, 0) is 36.1 Å². The van der Waals surface area contributed by atoms with E-state index in [4.69, 9.17) is 0 Å². The van der Waals surface area contributed by atoms with E-state index in [0.29, 0.717) is 18.1 Å². The molecule has 2 heterocycles. The molecule has 0 N–H and O–H groups in total. The third-order valence-electron chi connectivity index (χ3n) is 5.37. The number of nitrogens with zero attached hydrogens (tertiary/aromatic N) is 4. The Kier molecular flexibility index (Phi) is 6.53. The number of benzene rings is 2. The lowest BCUT2D eigenvalue weighted by molar-refractivity contribution is -0.120. The fraction of sp³-hybridized carbons (Fsp3) is 0.192. The standard InChI is InChI=1S/C26H24N4O/c1-2-23(20-10-12-22(13-11-20)26-29-17-4-18-30-26)24(31)14-7-19-5-8-21(9-6-19)25-27-15-3-16-28-25/h3-6,8-13,15-18,23H,2,7,14H2,1H3. The zero-order chi connectivity index (χ0) is 21.5. The van der Waals surface area contributed by atoms with E-state index in [9.17, 15) is 4.79 Å². The molecule has 0 amide bonds. The first-order valence-electron chi connectivity index (χ1n) is 10.5. The Labute approximate surface area is 182 Å². The first kappa shape index (κ1) is 20.5. The molecule has 0 radical (unpaired) electrons. The summed E-state index contributed by atoms with van der Waals surface area (Å²) >= 11 is 0. The number of rotatable bonds is 8. The molecular weight excluding hydrogens is 384 g/mol. The van der Waals surface area contributed by atoms with Crippen LogP contribution in [0.1, 0.15) is 36.8 Å². The molecule has 0 bridgehead atoms. The molecule has 5 nitrogen and oxygen atoms in total. The monoisotopic (exact) mass is 408 g/mol. The van der Waals surface area contributed by atoms with Crippen LogP contribution in [0.3, 0.4) is 0 Å². The van der Waals surface area contributed by atoms with Crippen molar-refractivity contribution in [3.8, 4) is 22.8 Å². The second-order valence-electron chi connectivity index (χ2n) is 7.39. The van der Waals surface area contributed by atoms with E-state index >= 15 is 0 Å². The van der Waals surface area contributed by atoms with Crippen molar-refractivity contribution in [1.29, 1.82) is 0 Å². The maximum Gasteiger partial charge on any atom is 0.159 e. The van der Waals surface area contributed by atoms with E-state index in [1.807, 2.05) is 36.4 Å². The van der Waals surface area contributed by atoms with E-state index in [0.717, 1.165) is 35.1 Å². The summed E-state index contributed by atoms with van der Waals surface area (Å²) in [6.45, 7) is 2.06. The van der Waals surface area contributed by atoms with Crippen LogP contribution in [0.15, 0.2) is 85.5 Å². The third kappa shape index (κ3) is 5.07. The van der Waals surface area contributed by atoms with Crippen molar-refractivity contribution in [3.63, 3.8) is 0 Å². The van der Waals surface area contributed by atoms with Gasteiger partial charge in [0.25, 0.3) is 0 Å². The minimum absolute atomic E-state index is 0.0947. The Morgan fingerprint density at radius 3 is 1.71 bits per heavy atom. The zero-order valence-electron chi connectivity index (χ0n) is 17.5. The van der Waals surface area contributed by atoms with Crippen LogP contribution >= 0.6 is 0 Å². The number of hydrogen-bond acceptors (Lipinski definition) is 5. The molecule has 4 rings (SSSR count). The van der Waals surface area contributed by atoms with E-state index in [2.05, 4.69) is 39.0 Å². The van der Waals surface area contributed by atoms with Crippen LogP contribution in [0, 0.1) is 0 Å². The number of Topliss-reactive ketones (excluding diaryl/α,β-unsaturated/α-hetero) is 1. The Balaban J connectivity index is 1.39. The van der Waals surface area contributed by atoms with Crippen molar-refractivity contribution in [2.75, 3.05) is 0 Å². The highest BCUT2D eigenvalue weighted by molar-refractivity contribution is 5.86. The van der Waals surface area contributed by atoms with Crippen molar-refractivity contribution >= 4 is 5.78 Å². The summed E-state index contributed by atoms with van der Waals surface area (Å²) in [7, 11) is 0. The molecule has 0 aliphatic rings. The van der Waals surface area contributed by atoms with Gasteiger partial charge in [0.15, 0.2) is 11.6 Å². The normalized spacial score (nSPS) is 11.8. The topological polar surface area (TPSA) is 68.6 Å². The Bertz CT molecular complexity index is 1110. The van der Waals surface area contributed by atoms with Crippen LogP contribution in [-0.2, 0) is 11.2 Å². The van der Waals surface area contributed by atoms with E-state index in [1.165, 1.54) is 0 Å². The highest BCUT2D eigenvalue weighted by atomic mass is 16.1. The largest absolute Gasteiger partial charge is 0.299 e. The molecular formula is C26H24N4O. The van der Waals surface area contributed by atoms with Crippen LogP contribution in [0.25, 0.3) is 22.8 Å². The van der Waals surface area contributed by atoms with Crippen molar-refractivity contribution in [1.82, 2.24) is 19.9 Å². The summed E-state index contributed by atoms with van der Waals surface area (Å²) in [5, 5.41) is 0. The Morgan fingerprint density at radius 2 is 1.23 bits per heavy atom. The molecule has 0 saturated carbocycles. The summed E-state index contributed by atoms with van der Waals surface area (Å²) < 4.78 is 0. The lowest BCUT2D eigenvalue weighted by Crippen LogP contribution is -2.12. The number of carbonyl (C=O) groups is 1. The van der Waals surface area contributed by atoms with Gasteiger partial charge in [-0.3, -0.25) is 4.79 Å². The minimum Gasteiger partial charge on any atom is -0.299 e. The average molecular weight is 409 g/mol. The van der Waals surface area contributed by atoms with Gasteiger partial charge in [0, 0.05) is 48.3 Å². The molecule has 0 saturated heterocycles. The van der Waals surface area contributed by atoms with Gasteiger partial charge >= 0.3 is 0 Å². The van der Waals surface area contributed by atoms with E-state index in [-0.39, 0.29) is 11.7 Å². The van der Waals surface area contributed by atoms with Crippen LogP contribution < -0.4 is 0 Å². The predicted molar refractivity (Wildman–Crippen MR) is 121 cm³/mol. The molecule has 5 heteroatoms. The van der Waals surface area contributed by atoms with Gasteiger partial charge in [0.2, 0.25) is 0 Å². The van der Waals surface area contributed by atoms with Gasteiger partial charge in [-0.15, -0.1) is 0 Å². The van der Waals surface area contributed by atoms with Gasteiger partial charge in [-0.2, -0.15) is 0 Å². The molecule has 31 heavy (non-hydrogen) atoms. The number of carbonyl (C=O) groups excluding carboxylic acids is 1. The third-order valence-corrected chi connectivity index (χ3v) is 5.37. The Hall–Kier alpha value is -3.73. The minimum atomic E-state index is -0.0947. The molecule has 0 aliphatic carbocycles. The summed E-state index contributed by atoms with van der Waals surface area (Å²) in [6.07, 6.45) is 8.95. The molecule has 0 spiro atoms. The summed E-state index contributed by atoms with van der Waals surface area (Å²) in [4.78, 5) is 30.1. The fourth-order valence-corrected chi connectivity index (χ4v) is 3.67. The Morgan fingerprint density at radius 1 is 0.742 bits per heavy atom. The lowest BCUT2D eigenvalue weighted by Gasteiger charge is -2.15. The summed E-state index contributed by atoms with van der Waals surface area (Å²) in [5.41, 5.74) is 4.11. The molecule has 1 unspecified atom stereocenters. The summed E-state index contributed by atoms with van der Waals surface area (Å²) in [6, 6.07) is 19.7. The first-order chi connectivity index (χ1) is 15.2. The average Bonchev–Trinajstić information content (AvgIpc) is 2.85. The number of hydrogen-bond donors (Lipinski definition) is 0. The predicted octanol–water partition coefficient (Wildman–Crippen LogP) is 5.30. The maximum absolute atomic E-state index is 12.9. The smallest absolute Gasteiger partial charge is 0.159 e. The quantitative estimate of drug-likeness (QED) is 0.396. The maximum atomic E-state index is 12.9. The SMILES string of the molecule is CCC(C(=O)CCc1ccc(-c2ncccn2)cc1)c1ccc(-c2ncccn2)cc1. The second-order valence-corrected chi connectivity index (χ2v) is 7.39. The molecule has 2 aromatic heterocycles. The highest BCUT2D eigenvalue weighted by Crippen LogP contribution is 2.25. The molecule has 154 valence electrons. The van der Waals surface area contributed by atoms with Crippen LogP contribution in [0.4, 0.5) is 0 Å². The number of aromatic nitrogens is 4. The van der Waals surface area contributed by atoms with Gasteiger partial charge in [-0.1, -0.05) is 55.5 Å². The van der Waals surface area contributed by atoms with Crippen LogP contribution in [0.2, 0.25) is 0 Å². The van der Waals surface area contributed by atoms with Gasteiger partial charge in [0.1, 0.15) is 5.78 Å². The van der Waals surface area contributed by atoms with Crippen LogP contribution in [0.5, 0.6) is 0 Å². The van der Waals surface area contributed by atoms with Crippen molar-refractivity contribution in [2.45, 2.75) is 32.1 Å². The number of aryl methyl sites for hydroxylation is 1. The van der Waals surface area contributed by atoms with Crippen molar-refractivity contribution in [2.24, 2.45) is 0 Å². The van der Waals surface area contributed by atoms with Crippen molar-refractivity contribution in [3.05, 3.63) is 96.6 Å². The number of ketones is 1. The fourth-order valence-electron chi connectivity index (χ4n) is 3.67. The molecule has 0 aliphatic heterocycles. The molecule has 1 atom stereocenters. The molecule has 0 fully saturated rings. The molecule has 4 aromatic rings. The summed E-state index contributed by atoms with van der Waals surface area (Å²) in [5.74, 6) is 1.57. The van der Waals surface area contributed by atoms with Crippen molar-refractivity contribution < 1.29 is 4.79 Å². The lowest BCUT2D eigenvalue weighted by atomic mass is 9.88. The first-order valence-corrected chi connectivity index (χ1v) is 10.5. The molecule has 2 aromatic carbocycles. The van der Waals surface area contributed by atoms with E-state index in [1.54, 1.807) is 36.9 Å². The highest BCUT2D eigenvalue weighted by Gasteiger charge is 2.18. The van der Waals surface area contributed by atoms with Crippen LogP contribution in [-0.4, -0.2) is 25.7 Å².